The maximum Gasteiger partial charge on any atom is 0.337 e. The molecule has 0 aromatic heterocycles. The molecular weight excluding hydrogens is 306 g/mol. The van der Waals surface area contributed by atoms with Crippen molar-refractivity contribution in [2.75, 3.05) is 11.9 Å². The lowest BCUT2D eigenvalue weighted by Crippen LogP contribution is -2.40. The van der Waals surface area contributed by atoms with E-state index in [9.17, 15) is 9.59 Å². The van der Waals surface area contributed by atoms with E-state index in [1.54, 1.807) is 12.1 Å². The van der Waals surface area contributed by atoms with Gasteiger partial charge in [-0.15, -0.1) is 0 Å². The number of urea groups is 1. The zero-order valence-corrected chi connectivity index (χ0v) is 13.0. The van der Waals surface area contributed by atoms with Gasteiger partial charge in [-0.1, -0.05) is 31.0 Å². The van der Waals surface area contributed by atoms with Gasteiger partial charge in [-0.2, -0.15) is 0 Å². The number of unbranched alkanes of at least 4 members (excludes halogenated alkanes) is 1. The Hall–Kier alpha value is -2.21. The van der Waals surface area contributed by atoms with Gasteiger partial charge in [0.25, 0.3) is 0 Å². The molecule has 1 aliphatic heterocycles. The lowest BCUT2D eigenvalue weighted by molar-refractivity contribution is -0.134. The number of cyclic esters (lactones) is 1. The van der Waals surface area contributed by atoms with Crippen LogP contribution in [0.25, 0.3) is 0 Å². The molecule has 1 aromatic rings. The lowest BCUT2D eigenvalue weighted by Gasteiger charge is -2.11. The van der Waals surface area contributed by atoms with E-state index in [1.807, 2.05) is 6.07 Å². The molecule has 6 nitrogen and oxygen atoms in total. The molecule has 0 saturated heterocycles. The number of rotatable bonds is 6. The van der Waals surface area contributed by atoms with Gasteiger partial charge in [0.15, 0.2) is 0 Å². The number of halogens is 1. The van der Waals surface area contributed by atoms with Crippen LogP contribution in [0.1, 0.15) is 25.3 Å². The fraction of sp³-hybridized carbons (Fsp3) is 0.333. The third-order valence-electron chi connectivity index (χ3n) is 3.11. The van der Waals surface area contributed by atoms with Gasteiger partial charge < -0.3 is 10.1 Å². The average Bonchev–Trinajstić information content (AvgIpc) is 2.90. The Morgan fingerprint density at radius 3 is 2.86 bits per heavy atom. The highest BCUT2D eigenvalue weighted by atomic mass is 35.5. The zero-order valence-electron chi connectivity index (χ0n) is 12.2. The highest BCUT2D eigenvalue weighted by Gasteiger charge is 2.13. The van der Waals surface area contributed by atoms with E-state index in [4.69, 9.17) is 16.3 Å². The van der Waals surface area contributed by atoms with E-state index in [2.05, 4.69) is 23.1 Å². The van der Waals surface area contributed by atoms with Crippen LogP contribution in [0.3, 0.4) is 0 Å². The molecule has 0 aliphatic carbocycles. The lowest BCUT2D eigenvalue weighted by atomic mass is 10.1. The third-order valence-corrected chi connectivity index (χ3v) is 3.46. The number of carbonyl (C=O) groups is 2. The van der Waals surface area contributed by atoms with Crippen molar-refractivity contribution in [1.82, 2.24) is 10.9 Å². The number of amides is 2. The number of carbonyl (C=O) groups excluding carboxylic acids is 2. The summed E-state index contributed by atoms with van der Waals surface area (Å²) in [5.41, 5.74) is 7.18. The molecule has 7 heteroatoms. The summed E-state index contributed by atoms with van der Waals surface area (Å²) in [6, 6.07) is 4.97. The molecule has 0 fully saturated rings. The molecule has 118 valence electrons. The Morgan fingerprint density at radius 2 is 2.23 bits per heavy atom. The molecule has 0 saturated carbocycles. The first-order valence-electron chi connectivity index (χ1n) is 7.07. The molecule has 1 heterocycles. The predicted octanol–water partition coefficient (Wildman–Crippen LogP) is 2.75. The third kappa shape index (κ3) is 4.66. The van der Waals surface area contributed by atoms with E-state index in [-0.39, 0.29) is 6.61 Å². The number of ether oxygens (including phenoxy) is 1. The van der Waals surface area contributed by atoms with Gasteiger partial charge in [0, 0.05) is 16.8 Å². The quantitative estimate of drug-likeness (QED) is 0.555. The van der Waals surface area contributed by atoms with Crippen molar-refractivity contribution in [3.8, 4) is 0 Å². The van der Waals surface area contributed by atoms with Crippen molar-refractivity contribution in [3.05, 3.63) is 40.6 Å². The fourth-order valence-electron chi connectivity index (χ4n) is 1.94. The van der Waals surface area contributed by atoms with Gasteiger partial charge in [-0.25, -0.2) is 9.59 Å². The molecule has 1 aromatic carbocycles. The minimum absolute atomic E-state index is 0.122. The van der Waals surface area contributed by atoms with Crippen LogP contribution in [-0.2, 0) is 16.0 Å². The number of aryl methyl sites for hydroxylation is 1. The van der Waals surface area contributed by atoms with E-state index in [0.29, 0.717) is 16.4 Å². The number of hydrogen-bond donors (Lipinski definition) is 3. The van der Waals surface area contributed by atoms with Crippen LogP contribution in [-0.4, -0.2) is 18.6 Å². The molecule has 0 atom stereocenters. The van der Waals surface area contributed by atoms with Crippen LogP contribution in [0, 0.1) is 0 Å². The standard InChI is InChI=1S/C15H18ClN3O3/c1-2-3-4-10-5-6-11(7-13(10)16)17-15(21)19-18-12-8-14(20)22-9-12/h5-8,18H,2-4,9H2,1H3,(H2,17,19,21). The topological polar surface area (TPSA) is 79.5 Å². The Morgan fingerprint density at radius 1 is 1.41 bits per heavy atom. The molecule has 22 heavy (non-hydrogen) atoms. The number of nitrogens with one attached hydrogen (secondary N) is 3. The van der Waals surface area contributed by atoms with Gasteiger partial charge in [0.1, 0.15) is 6.61 Å². The van der Waals surface area contributed by atoms with Gasteiger partial charge in [-0.05, 0) is 30.5 Å². The highest BCUT2D eigenvalue weighted by molar-refractivity contribution is 6.31. The molecule has 0 spiro atoms. The van der Waals surface area contributed by atoms with Crippen molar-refractivity contribution >= 4 is 29.3 Å². The molecule has 2 rings (SSSR count). The SMILES string of the molecule is CCCCc1ccc(NC(=O)NNC2=CC(=O)OC2)cc1Cl. The average molecular weight is 324 g/mol. The van der Waals surface area contributed by atoms with Gasteiger partial charge in [0.05, 0.1) is 5.70 Å². The van der Waals surface area contributed by atoms with Crippen molar-refractivity contribution in [2.45, 2.75) is 26.2 Å². The van der Waals surface area contributed by atoms with Crippen LogP contribution in [0.2, 0.25) is 5.02 Å². The van der Waals surface area contributed by atoms with Crippen molar-refractivity contribution in [3.63, 3.8) is 0 Å². The van der Waals surface area contributed by atoms with E-state index >= 15 is 0 Å². The molecule has 0 radical (unpaired) electrons. The second kappa shape index (κ2) is 7.70. The Balaban J connectivity index is 1.84. The van der Waals surface area contributed by atoms with Crippen LogP contribution in [0.4, 0.5) is 10.5 Å². The first kappa shape index (κ1) is 16.2. The second-order valence-corrected chi connectivity index (χ2v) is 5.30. The second-order valence-electron chi connectivity index (χ2n) is 4.89. The largest absolute Gasteiger partial charge is 0.456 e. The monoisotopic (exact) mass is 323 g/mol. The fourth-order valence-corrected chi connectivity index (χ4v) is 2.22. The first-order valence-corrected chi connectivity index (χ1v) is 7.45. The maximum atomic E-state index is 11.7. The Kier molecular flexibility index (Phi) is 5.66. The van der Waals surface area contributed by atoms with Gasteiger partial charge >= 0.3 is 12.0 Å². The number of hydrogen-bond acceptors (Lipinski definition) is 4. The van der Waals surface area contributed by atoms with Gasteiger partial charge in [0.2, 0.25) is 0 Å². The normalized spacial score (nSPS) is 13.4. The van der Waals surface area contributed by atoms with Crippen molar-refractivity contribution in [1.29, 1.82) is 0 Å². The summed E-state index contributed by atoms with van der Waals surface area (Å²) in [6.45, 7) is 2.25. The number of hydrazine groups is 1. The van der Waals surface area contributed by atoms with Crippen molar-refractivity contribution in [2.24, 2.45) is 0 Å². The molecule has 0 unspecified atom stereocenters. The number of benzene rings is 1. The minimum atomic E-state index is -0.461. The molecule has 1 aliphatic rings. The van der Waals surface area contributed by atoms with Crippen molar-refractivity contribution < 1.29 is 14.3 Å². The molecular formula is C15H18ClN3O3. The zero-order chi connectivity index (χ0) is 15.9. The smallest absolute Gasteiger partial charge is 0.337 e. The summed E-state index contributed by atoms with van der Waals surface area (Å²) in [6.07, 6.45) is 4.38. The number of esters is 1. The molecule has 3 N–H and O–H groups in total. The summed E-state index contributed by atoms with van der Waals surface area (Å²) >= 11 is 6.19. The molecule has 0 bridgehead atoms. The summed E-state index contributed by atoms with van der Waals surface area (Å²) in [5.74, 6) is -0.431. The minimum Gasteiger partial charge on any atom is -0.456 e. The number of anilines is 1. The first-order chi connectivity index (χ1) is 10.6. The van der Waals surface area contributed by atoms with Crippen LogP contribution >= 0.6 is 11.6 Å². The predicted molar refractivity (Wildman–Crippen MR) is 84.4 cm³/mol. The van der Waals surface area contributed by atoms with Crippen LogP contribution in [0.5, 0.6) is 0 Å². The Bertz CT molecular complexity index is 602. The summed E-state index contributed by atoms with van der Waals surface area (Å²) < 4.78 is 4.69. The summed E-state index contributed by atoms with van der Waals surface area (Å²) in [5, 5.41) is 3.29. The van der Waals surface area contributed by atoms with E-state index in [1.165, 1.54) is 6.08 Å². The Labute approximate surface area is 133 Å². The van der Waals surface area contributed by atoms with Crippen LogP contribution in [0.15, 0.2) is 30.0 Å². The van der Waals surface area contributed by atoms with E-state index < -0.39 is 12.0 Å². The molecule has 2 amide bonds. The van der Waals surface area contributed by atoms with Gasteiger partial charge in [-0.3, -0.25) is 10.9 Å². The van der Waals surface area contributed by atoms with E-state index in [0.717, 1.165) is 24.8 Å². The summed E-state index contributed by atoms with van der Waals surface area (Å²) in [4.78, 5) is 22.6. The maximum absolute atomic E-state index is 11.7. The summed E-state index contributed by atoms with van der Waals surface area (Å²) in [7, 11) is 0. The van der Waals surface area contributed by atoms with Crippen LogP contribution < -0.4 is 16.2 Å². The highest BCUT2D eigenvalue weighted by Crippen LogP contribution is 2.22.